The Morgan fingerprint density at radius 2 is 1.71 bits per heavy atom. The van der Waals surface area contributed by atoms with Gasteiger partial charge >= 0.3 is 0 Å². The number of rotatable bonds is 4. The molecule has 1 aliphatic rings. The number of nitrogens with zero attached hydrogens (tertiary/aromatic N) is 2. The number of hydrogen-bond acceptors (Lipinski definition) is 4. The number of fused-ring (bicyclic) bond motifs is 1. The van der Waals surface area contributed by atoms with Crippen LogP contribution >= 0.6 is 11.3 Å². The minimum absolute atomic E-state index is 0.0455. The zero-order chi connectivity index (χ0) is 24.6. The van der Waals surface area contributed by atoms with Crippen molar-refractivity contribution in [3.63, 3.8) is 0 Å². The number of carbonyl (C=O) groups excluding carboxylic acids is 1. The van der Waals surface area contributed by atoms with Crippen LogP contribution in [0, 0.1) is 0 Å². The number of aromatic nitrogens is 2. The van der Waals surface area contributed by atoms with Gasteiger partial charge < -0.3 is 9.88 Å². The van der Waals surface area contributed by atoms with Crippen LogP contribution in [0.4, 0.5) is 0 Å². The van der Waals surface area contributed by atoms with Crippen LogP contribution in [0.15, 0.2) is 64.8 Å². The summed E-state index contributed by atoms with van der Waals surface area (Å²) in [6.45, 7) is 7.98. The summed E-state index contributed by atoms with van der Waals surface area (Å²) >= 11 is 1.43. The predicted molar refractivity (Wildman–Crippen MR) is 145 cm³/mol. The Balaban J connectivity index is 1.61. The summed E-state index contributed by atoms with van der Waals surface area (Å²) in [5.74, 6) is 0.227. The van der Waals surface area contributed by atoms with Gasteiger partial charge in [0, 0.05) is 24.0 Å². The minimum Gasteiger partial charge on any atom is -0.339 e. The molecule has 0 spiro atoms. The van der Waals surface area contributed by atoms with Gasteiger partial charge in [-0.25, -0.2) is 4.98 Å². The summed E-state index contributed by atoms with van der Waals surface area (Å²) in [5.41, 5.74) is 4.20. The quantitative estimate of drug-likeness (QED) is 0.356. The molecule has 0 saturated carbocycles. The van der Waals surface area contributed by atoms with Crippen LogP contribution in [0.25, 0.3) is 33.0 Å². The van der Waals surface area contributed by atoms with E-state index in [-0.39, 0.29) is 16.9 Å². The Morgan fingerprint density at radius 1 is 1.03 bits per heavy atom. The first-order valence-corrected chi connectivity index (χ1v) is 12.9. The lowest BCUT2D eigenvalue weighted by atomic mass is 9.86. The molecule has 1 aliphatic heterocycles. The average molecular weight is 484 g/mol. The zero-order valence-corrected chi connectivity index (χ0v) is 21.1. The van der Waals surface area contributed by atoms with Gasteiger partial charge in [-0.05, 0) is 41.0 Å². The largest absolute Gasteiger partial charge is 0.339 e. The second-order valence-corrected chi connectivity index (χ2v) is 10.9. The van der Waals surface area contributed by atoms with Crippen LogP contribution in [0.1, 0.15) is 50.6 Å². The van der Waals surface area contributed by atoms with E-state index in [1.165, 1.54) is 16.9 Å². The van der Waals surface area contributed by atoms with Gasteiger partial charge in [0.2, 0.25) is 0 Å². The molecule has 1 N–H and O–H groups in total. The van der Waals surface area contributed by atoms with Gasteiger partial charge in [-0.3, -0.25) is 9.59 Å². The number of nitrogens with one attached hydrogen (secondary N) is 1. The standard InChI is InChI=1S/C29H29N3O2S/c1-29(2,3)21-13-11-19(12-14-21)17-22(28(34)32-15-7-8-16-32)25-30-26(33)24-23(18-35-27(24)31-25)20-9-5-4-6-10-20/h4-6,9-14,17-18H,7-8,15-16H2,1-3H3,(H,30,31,33). The smallest absolute Gasteiger partial charge is 0.260 e. The molecule has 0 atom stereocenters. The number of aromatic amines is 1. The van der Waals surface area contributed by atoms with Crippen molar-refractivity contribution >= 4 is 39.1 Å². The molecule has 1 amide bonds. The second-order valence-electron chi connectivity index (χ2n) is 10.0. The van der Waals surface area contributed by atoms with E-state index in [4.69, 9.17) is 4.98 Å². The third-order valence-electron chi connectivity index (χ3n) is 6.50. The van der Waals surface area contributed by atoms with Gasteiger partial charge in [-0.15, -0.1) is 11.3 Å². The molecule has 35 heavy (non-hydrogen) atoms. The van der Waals surface area contributed by atoms with Crippen molar-refractivity contribution < 1.29 is 4.79 Å². The third kappa shape index (κ3) is 4.71. The average Bonchev–Trinajstić information content (AvgIpc) is 3.53. The lowest BCUT2D eigenvalue weighted by molar-refractivity contribution is -0.123. The second kappa shape index (κ2) is 9.27. The van der Waals surface area contributed by atoms with E-state index in [0.717, 1.165) is 42.6 Å². The molecule has 6 heteroatoms. The first-order valence-electron chi connectivity index (χ1n) is 12.0. The molecule has 5 rings (SSSR count). The highest BCUT2D eigenvalue weighted by molar-refractivity contribution is 7.17. The maximum atomic E-state index is 13.5. The molecule has 0 aliphatic carbocycles. The van der Waals surface area contributed by atoms with Gasteiger partial charge in [-0.2, -0.15) is 0 Å². The molecule has 178 valence electrons. The molecule has 2 aromatic carbocycles. The molecule has 3 heterocycles. The Labute approximate surface area is 209 Å². The maximum absolute atomic E-state index is 13.5. The number of hydrogen-bond donors (Lipinski definition) is 1. The fourth-order valence-electron chi connectivity index (χ4n) is 4.47. The van der Waals surface area contributed by atoms with E-state index in [1.807, 2.05) is 58.8 Å². The van der Waals surface area contributed by atoms with Gasteiger partial charge in [0.1, 0.15) is 10.7 Å². The summed E-state index contributed by atoms with van der Waals surface area (Å²) in [6, 6.07) is 18.1. The molecule has 0 bridgehead atoms. The highest BCUT2D eigenvalue weighted by Gasteiger charge is 2.25. The van der Waals surface area contributed by atoms with Crippen LogP contribution < -0.4 is 5.56 Å². The van der Waals surface area contributed by atoms with Crippen LogP contribution in [-0.4, -0.2) is 33.9 Å². The topological polar surface area (TPSA) is 66.1 Å². The Kier molecular flexibility index (Phi) is 6.15. The molecule has 2 aromatic heterocycles. The highest BCUT2D eigenvalue weighted by atomic mass is 32.1. The lowest BCUT2D eigenvalue weighted by Crippen LogP contribution is -2.29. The van der Waals surface area contributed by atoms with Crippen molar-refractivity contribution in [1.29, 1.82) is 0 Å². The molecular formula is C29H29N3O2S. The number of likely N-dealkylation sites (tertiary alicyclic amines) is 1. The van der Waals surface area contributed by atoms with Crippen LogP contribution in [0.2, 0.25) is 0 Å². The molecule has 5 nitrogen and oxygen atoms in total. The van der Waals surface area contributed by atoms with Crippen molar-refractivity contribution in [2.75, 3.05) is 13.1 Å². The SMILES string of the molecule is CC(C)(C)c1ccc(C=C(C(=O)N2CCCC2)c2nc3scc(-c4ccccc4)c3c(=O)[nH]2)cc1. The van der Waals surface area contributed by atoms with Gasteiger partial charge in [0.05, 0.1) is 11.0 Å². The third-order valence-corrected chi connectivity index (χ3v) is 7.37. The predicted octanol–water partition coefficient (Wildman–Crippen LogP) is 6.11. The van der Waals surface area contributed by atoms with Crippen molar-refractivity contribution in [2.45, 2.75) is 39.0 Å². The molecule has 1 saturated heterocycles. The number of benzene rings is 2. The number of carbonyl (C=O) groups is 1. The van der Waals surface area contributed by atoms with Crippen molar-refractivity contribution in [3.8, 4) is 11.1 Å². The molecule has 0 unspecified atom stereocenters. The van der Waals surface area contributed by atoms with E-state index in [2.05, 4.69) is 37.9 Å². The number of H-pyrrole nitrogens is 1. The summed E-state index contributed by atoms with van der Waals surface area (Å²) in [5, 5.41) is 2.52. The van der Waals surface area contributed by atoms with E-state index in [1.54, 1.807) is 0 Å². The fraction of sp³-hybridized carbons (Fsp3) is 0.276. The van der Waals surface area contributed by atoms with Crippen LogP contribution in [0.3, 0.4) is 0 Å². The van der Waals surface area contributed by atoms with E-state index in [0.29, 0.717) is 21.6 Å². The lowest BCUT2D eigenvalue weighted by Gasteiger charge is -2.19. The summed E-state index contributed by atoms with van der Waals surface area (Å²) in [7, 11) is 0. The molecule has 4 aromatic rings. The number of thiophene rings is 1. The van der Waals surface area contributed by atoms with E-state index >= 15 is 0 Å². The maximum Gasteiger partial charge on any atom is 0.260 e. The van der Waals surface area contributed by atoms with E-state index in [9.17, 15) is 9.59 Å². The van der Waals surface area contributed by atoms with Crippen molar-refractivity contribution in [2.24, 2.45) is 0 Å². The Hall–Kier alpha value is -3.51. The summed E-state index contributed by atoms with van der Waals surface area (Å²) < 4.78 is 0. The van der Waals surface area contributed by atoms with Crippen LogP contribution in [-0.2, 0) is 10.2 Å². The first kappa shape index (κ1) is 23.2. The van der Waals surface area contributed by atoms with Gasteiger partial charge in [0.25, 0.3) is 11.5 Å². The fourth-order valence-corrected chi connectivity index (χ4v) is 5.42. The zero-order valence-electron chi connectivity index (χ0n) is 20.3. The van der Waals surface area contributed by atoms with Gasteiger partial charge in [-0.1, -0.05) is 75.4 Å². The van der Waals surface area contributed by atoms with Crippen LogP contribution in [0.5, 0.6) is 0 Å². The molecular weight excluding hydrogens is 454 g/mol. The normalized spacial score (nSPS) is 14.6. The summed E-state index contributed by atoms with van der Waals surface area (Å²) in [4.78, 5) is 37.0. The monoisotopic (exact) mass is 483 g/mol. The Morgan fingerprint density at radius 3 is 2.37 bits per heavy atom. The number of amides is 1. The van der Waals surface area contributed by atoms with E-state index < -0.39 is 0 Å². The molecule has 0 radical (unpaired) electrons. The molecule has 1 fully saturated rings. The van der Waals surface area contributed by atoms with Crippen molar-refractivity contribution in [3.05, 3.63) is 87.3 Å². The Bertz CT molecular complexity index is 1450. The minimum atomic E-state index is -0.228. The van der Waals surface area contributed by atoms with Gasteiger partial charge in [0.15, 0.2) is 0 Å². The first-order chi connectivity index (χ1) is 16.8. The highest BCUT2D eigenvalue weighted by Crippen LogP contribution is 2.32. The summed E-state index contributed by atoms with van der Waals surface area (Å²) in [6.07, 6.45) is 3.84. The van der Waals surface area contributed by atoms with Crippen molar-refractivity contribution in [1.82, 2.24) is 14.9 Å².